The van der Waals surface area contributed by atoms with Crippen LogP contribution in [0.1, 0.15) is 5.56 Å². The highest BCUT2D eigenvalue weighted by Gasteiger charge is 2.14. The monoisotopic (exact) mass is 243 g/mol. The molecule has 0 unspecified atom stereocenters. The third-order valence-electron chi connectivity index (χ3n) is 2.05. The predicted octanol–water partition coefficient (Wildman–Crippen LogP) is 0.607. The van der Waals surface area contributed by atoms with Crippen molar-refractivity contribution in [1.82, 2.24) is 9.97 Å². The van der Waals surface area contributed by atoms with Crippen LogP contribution < -0.4 is 4.90 Å². The number of halogens is 1. The Labute approximate surface area is 99.0 Å². The van der Waals surface area contributed by atoms with Crippen LogP contribution in [0.15, 0.2) is 19.0 Å². The van der Waals surface area contributed by atoms with Gasteiger partial charge in [-0.25, -0.2) is 9.97 Å². The maximum Gasteiger partial charge on any atom is 0.140 e. The first-order valence-corrected chi connectivity index (χ1v) is 5.19. The molecule has 1 heterocycles. The normalized spacial score (nSPS) is 10.2. The summed E-state index contributed by atoms with van der Waals surface area (Å²) in [4.78, 5) is 9.62. The molecule has 0 bridgehead atoms. The molecular weight excluding hydrogens is 230 g/mol. The molecule has 0 aliphatic carbocycles. The van der Waals surface area contributed by atoms with E-state index in [2.05, 4.69) is 16.5 Å². The van der Waals surface area contributed by atoms with Crippen molar-refractivity contribution in [2.75, 3.05) is 24.6 Å². The van der Waals surface area contributed by atoms with Crippen LogP contribution in [0.25, 0.3) is 0 Å². The average molecular weight is 244 g/mol. The van der Waals surface area contributed by atoms with Gasteiger partial charge in [0.05, 0.1) is 18.8 Å². The Morgan fingerprint density at radius 1 is 1.44 bits per heavy atom. The zero-order valence-corrected chi connectivity index (χ0v) is 9.56. The van der Waals surface area contributed by atoms with Crippen molar-refractivity contribution in [2.45, 2.75) is 6.61 Å². The first-order chi connectivity index (χ1) is 7.74. The fourth-order valence-corrected chi connectivity index (χ4v) is 1.54. The van der Waals surface area contributed by atoms with E-state index >= 15 is 0 Å². The van der Waals surface area contributed by atoms with Gasteiger partial charge >= 0.3 is 0 Å². The second-order valence-electron chi connectivity index (χ2n) is 3.08. The number of hydrogen-bond acceptors (Lipinski definition) is 5. The van der Waals surface area contributed by atoms with E-state index in [0.29, 0.717) is 24.5 Å². The molecule has 0 radical (unpaired) electrons. The molecular formula is C10H14ClN3O2. The smallest absolute Gasteiger partial charge is 0.140 e. The van der Waals surface area contributed by atoms with Crippen molar-refractivity contribution in [3.8, 4) is 0 Å². The summed E-state index contributed by atoms with van der Waals surface area (Å²) in [6, 6.07) is 0. The summed E-state index contributed by atoms with van der Waals surface area (Å²) in [7, 11) is 0. The van der Waals surface area contributed by atoms with E-state index in [4.69, 9.17) is 16.7 Å². The molecule has 0 aliphatic heterocycles. The van der Waals surface area contributed by atoms with Gasteiger partial charge in [-0.15, -0.1) is 6.58 Å². The minimum Gasteiger partial charge on any atom is -0.395 e. The lowest BCUT2D eigenvalue weighted by Crippen LogP contribution is -2.28. The van der Waals surface area contributed by atoms with Gasteiger partial charge in [-0.3, -0.25) is 0 Å². The van der Waals surface area contributed by atoms with Crippen LogP contribution in [0.5, 0.6) is 0 Å². The van der Waals surface area contributed by atoms with Gasteiger partial charge in [0.1, 0.15) is 17.3 Å². The summed E-state index contributed by atoms with van der Waals surface area (Å²) in [6.45, 7) is 4.28. The van der Waals surface area contributed by atoms with Crippen molar-refractivity contribution in [2.24, 2.45) is 0 Å². The molecule has 5 nitrogen and oxygen atoms in total. The second-order valence-corrected chi connectivity index (χ2v) is 3.44. The highest BCUT2D eigenvalue weighted by Crippen LogP contribution is 2.22. The van der Waals surface area contributed by atoms with Gasteiger partial charge in [0.25, 0.3) is 0 Å². The molecule has 16 heavy (non-hydrogen) atoms. The minimum absolute atomic E-state index is 0.0136. The molecule has 0 fully saturated rings. The maximum atomic E-state index is 9.21. The van der Waals surface area contributed by atoms with Crippen LogP contribution in [-0.2, 0) is 6.61 Å². The fourth-order valence-electron chi connectivity index (χ4n) is 1.35. The van der Waals surface area contributed by atoms with Crippen LogP contribution in [0, 0.1) is 0 Å². The molecule has 6 heteroatoms. The third kappa shape index (κ3) is 2.91. The number of hydrogen-bond donors (Lipinski definition) is 2. The zero-order chi connectivity index (χ0) is 12.0. The first-order valence-electron chi connectivity index (χ1n) is 4.81. The quantitative estimate of drug-likeness (QED) is 0.566. The van der Waals surface area contributed by atoms with E-state index in [1.54, 1.807) is 11.0 Å². The summed E-state index contributed by atoms with van der Waals surface area (Å²) >= 11 is 5.85. The molecule has 0 spiro atoms. The maximum absolute atomic E-state index is 9.21. The van der Waals surface area contributed by atoms with Crippen LogP contribution in [0.2, 0.25) is 5.15 Å². The molecule has 0 amide bonds. The topological polar surface area (TPSA) is 69.5 Å². The third-order valence-corrected chi connectivity index (χ3v) is 2.37. The Hall–Kier alpha value is -1.17. The van der Waals surface area contributed by atoms with E-state index in [-0.39, 0.29) is 18.4 Å². The van der Waals surface area contributed by atoms with E-state index in [1.165, 1.54) is 6.33 Å². The van der Waals surface area contributed by atoms with E-state index in [0.717, 1.165) is 0 Å². The molecule has 0 saturated carbocycles. The van der Waals surface area contributed by atoms with Gasteiger partial charge in [-0.05, 0) is 0 Å². The lowest BCUT2D eigenvalue weighted by Gasteiger charge is -2.23. The van der Waals surface area contributed by atoms with Crippen molar-refractivity contribution in [3.05, 3.63) is 29.7 Å². The Kier molecular flexibility index (Phi) is 5.18. The molecule has 0 saturated heterocycles. The fraction of sp³-hybridized carbons (Fsp3) is 0.400. The van der Waals surface area contributed by atoms with Gasteiger partial charge in [0, 0.05) is 13.1 Å². The van der Waals surface area contributed by atoms with Crippen LogP contribution in [-0.4, -0.2) is 39.9 Å². The summed E-state index contributed by atoms with van der Waals surface area (Å²) < 4.78 is 0. The van der Waals surface area contributed by atoms with Crippen molar-refractivity contribution >= 4 is 17.4 Å². The summed E-state index contributed by atoms with van der Waals surface area (Å²) in [5.74, 6) is 0.524. The lowest BCUT2D eigenvalue weighted by molar-refractivity contribution is 0.280. The molecule has 0 aliphatic rings. The number of rotatable bonds is 6. The van der Waals surface area contributed by atoms with E-state index in [9.17, 15) is 5.11 Å². The number of aromatic nitrogens is 2. The highest BCUT2D eigenvalue weighted by molar-refractivity contribution is 6.30. The minimum atomic E-state index is -0.242. The van der Waals surface area contributed by atoms with Gasteiger partial charge < -0.3 is 15.1 Å². The summed E-state index contributed by atoms with van der Waals surface area (Å²) in [5, 5.41) is 18.4. The van der Waals surface area contributed by atoms with Crippen LogP contribution in [0.3, 0.4) is 0 Å². The Morgan fingerprint density at radius 3 is 2.75 bits per heavy atom. The molecule has 0 atom stereocenters. The predicted molar refractivity (Wildman–Crippen MR) is 62.5 cm³/mol. The van der Waals surface area contributed by atoms with Crippen molar-refractivity contribution < 1.29 is 10.2 Å². The summed E-state index contributed by atoms with van der Waals surface area (Å²) in [6.07, 6.45) is 3.01. The average Bonchev–Trinajstić information content (AvgIpc) is 2.28. The zero-order valence-electron chi connectivity index (χ0n) is 8.80. The Balaban J connectivity index is 3.06. The number of aliphatic hydroxyl groups excluding tert-OH is 2. The van der Waals surface area contributed by atoms with Gasteiger partial charge in [0.2, 0.25) is 0 Å². The largest absolute Gasteiger partial charge is 0.395 e. The second kappa shape index (κ2) is 6.42. The molecule has 0 aromatic carbocycles. The van der Waals surface area contributed by atoms with E-state index in [1.807, 2.05) is 0 Å². The van der Waals surface area contributed by atoms with Crippen molar-refractivity contribution in [3.63, 3.8) is 0 Å². The molecule has 1 rings (SSSR count). The molecule has 2 N–H and O–H groups in total. The van der Waals surface area contributed by atoms with Crippen LogP contribution in [0.4, 0.5) is 5.82 Å². The summed E-state index contributed by atoms with van der Waals surface area (Å²) in [5.41, 5.74) is 0.458. The number of aliphatic hydroxyl groups is 2. The first kappa shape index (κ1) is 12.9. The van der Waals surface area contributed by atoms with Gasteiger partial charge in [-0.2, -0.15) is 0 Å². The van der Waals surface area contributed by atoms with E-state index < -0.39 is 0 Å². The molecule has 1 aromatic heterocycles. The standard InChI is InChI=1S/C10H14ClN3O2/c1-2-3-14(4-5-15)10-8(6-16)9(11)12-7-13-10/h2,7,15-16H,1,3-6H2. The van der Waals surface area contributed by atoms with Crippen molar-refractivity contribution in [1.29, 1.82) is 0 Å². The molecule has 1 aromatic rings. The molecule has 88 valence electrons. The Bertz CT molecular complexity index is 360. The highest BCUT2D eigenvalue weighted by atomic mass is 35.5. The Morgan fingerprint density at radius 2 is 2.19 bits per heavy atom. The number of nitrogens with zero attached hydrogens (tertiary/aromatic N) is 3. The SMILES string of the molecule is C=CCN(CCO)c1ncnc(Cl)c1CO. The lowest BCUT2D eigenvalue weighted by atomic mass is 10.3. The number of anilines is 1. The van der Waals surface area contributed by atoms with Gasteiger partial charge in [-0.1, -0.05) is 17.7 Å². The van der Waals surface area contributed by atoms with Gasteiger partial charge in [0.15, 0.2) is 0 Å². The van der Waals surface area contributed by atoms with Crippen LogP contribution >= 0.6 is 11.6 Å².